The summed E-state index contributed by atoms with van der Waals surface area (Å²) in [5, 5.41) is 3.33. The van der Waals surface area contributed by atoms with E-state index in [-0.39, 0.29) is 0 Å². The lowest BCUT2D eigenvalue weighted by atomic mass is 10.2. The number of aryl methyl sites for hydroxylation is 2. The average molecular weight is 231 g/mol. The van der Waals surface area contributed by atoms with Gasteiger partial charge in [-0.05, 0) is 24.6 Å². The molecule has 1 heterocycles. The van der Waals surface area contributed by atoms with E-state index >= 15 is 0 Å². The van der Waals surface area contributed by atoms with Gasteiger partial charge >= 0.3 is 0 Å². The molecule has 0 spiro atoms. The summed E-state index contributed by atoms with van der Waals surface area (Å²) in [6.07, 6.45) is 3.73. The smallest absolute Gasteiger partial charge is 0.142 e. The molecule has 0 fully saturated rings. The van der Waals surface area contributed by atoms with Gasteiger partial charge in [0.15, 0.2) is 0 Å². The summed E-state index contributed by atoms with van der Waals surface area (Å²) in [5.74, 6) is 1.85. The number of benzene rings is 1. The van der Waals surface area contributed by atoms with Gasteiger partial charge in [-0.2, -0.15) is 0 Å². The largest absolute Gasteiger partial charge is 0.495 e. The van der Waals surface area contributed by atoms with Crippen LogP contribution in [0.4, 0.5) is 5.69 Å². The van der Waals surface area contributed by atoms with E-state index in [0.29, 0.717) is 6.54 Å². The van der Waals surface area contributed by atoms with E-state index in [0.717, 1.165) is 17.3 Å². The zero-order chi connectivity index (χ0) is 12.3. The molecule has 0 unspecified atom stereocenters. The number of aromatic nitrogens is 2. The zero-order valence-corrected chi connectivity index (χ0v) is 10.4. The summed E-state index contributed by atoms with van der Waals surface area (Å²) in [7, 11) is 3.66. The van der Waals surface area contributed by atoms with Gasteiger partial charge in [-0.1, -0.05) is 6.07 Å². The van der Waals surface area contributed by atoms with Crippen LogP contribution in [0.1, 0.15) is 11.4 Å². The molecule has 0 saturated heterocycles. The number of anilines is 1. The lowest BCUT2D eigenvalue weighted by Crippen LogP contribution is -2.06. The van der Waals surface area contributed by atoms with E-state index in [2.05, 4.69) is 16.4 Å². The van der Waals surface area contributed by atoms with Gasteiger partial charge in [0.05, 0.1) is 19.3 Å². The minimum absolute atomic E-state index is 0.683. The summed E-state index contributed by atoms with van der Waals surface area (Å²) in [6.45, 7) is 2.73. The molecule has 0 amide bonds. The van der Waals surface area contributed by atoms with Crippen LogP contribution in [-0.2, 0) is 13.6 Å². The Bertz CT molecular complexity index is 505. The van der Waals surface area contributed by atoms with Crippen molar-refractivity contribution in [3.63, 3.8) is 0 Å². The predicted molar refractivity (Wildman–Crippen MR) is 68.3 cm³/mol. The summed E-state index contributed by atoms with van der Waals surface area (Å²) in [6, 6.07) is 6.10. The normalized spacial score (nSPS) is 10.3. The monoisotopic (exact) mass is 231 g/mol. The van der Waals surface area contributed by atoms with Crippen molar-refractivity contribution in [2.24, 2.45) is 7.05 Å². The van der Waals surface area contributed by atoms with Crippen molar-refractivity contribution in [3.8, 4) is 5.75 Å². The van der Waals surface area contributed by atoms with Crippen molar-refractivity contribution in [1.82, 2.24) is 9.55 Å². The highest BCUT2D eigenvalue weighted by atomic mass is 16.5. The number of nitrogens with zero attached hydrogens (tertiary/aromatic N) is 2. The quantitative estimate of drug-likeness (QED) is 0.878. The van der Waals surface area contributed by atoms with E-state index in [9.17, 15) is 0 Å². The second-order valence-electron chi connectivity index (χ2n) is 4.01. The second-order valence-corrected chi connectivity index (χ2v) is 4.01. The van der Waals surface area contributed by atoms with Gasteiger partial charge in [-0.15, -0.1) is 0 Å². The van der Waals surface area contributed by atoms with Crippen molar-refractivity contribution >= 4 is 5.69 Å². The SMILES string of the molecule is COc1cc(C)ccc1NCc1nccn1C. The number of methoxy groups -OCH3 is 1. The molecule has 0 aliphatic heterocycles. The van der Waals surface area contributed by atoms with Gasteiger partial charge in [0.2, 0.25) is 0 Å². The van der Waals surface area contributed by atoms with E-state index in [4.69, 9.17) is 4.74 Å². The summed E-state index contributed by atoms with van der Waals surface area (Å²) < 4.78 is 7.33. The lowest BCUT2D eigenvalue weighted by molar-refractivity contribution is 0.416. The highest BCUT2D eigenvalue weighted by Gasteiger charge is 2.04. The molecule has 0 radical (unpaired) electrons. The molecule has 0 aliphatic rings. The Morgan fingerprint density at radius 3 is 2.88 bits per heavy atom. The van der Waals surface area contributed by atoms with Crippen molar-refractivity contribution < 1.29 is 4.74 Å². The van der Waals surface area contributed by atoms with Crippen LogP contribution in [0.15, 0.2) is 30.6 Å². The molecule has 4 heteroatoms. The van der Waals surface area contributed by atoms with Gasteiger partial charge in [0.1, 0.15) is 11.6 Å². The number of rotatable bonds is 4. The Labute approximate surface area is 101 Å². The minimum Gasteiger partial charge on any atom is -0.495 e. The van der Waals surface area contributed by atoms with Crippen molar-refractivity contribution in [3.05, 3.63) is 42.0 Å². The average Bonchev–Trinajstić information content (AvgIpc) is 2.73. The maximum atomic E-state index is 5.34. The first-order chi connectivity index (χ1) is 8.20. The number of nitrogens with one attached hydrogen (secondary N) is 1. The Morgan fingerprint density at radius 1 is 1.41 bits per heavy atom. The molecule has 0 saturated carbocycles. The molecule has 0 atom stereocenters. The van der Waals surface area contributed by atoms with Crippen molar-refractivity contribution in [1.29, 1.82) is 0 Å². The van der Waals surface area contributed by atoms with E-state index < -0.39 is 0 Å². The fraction of sp³-hybridized carbons (Fsp3) is 0.308. The van der Waals surface area contributed by atoms with E-state index in [1.807, 2.05) is 36.9 Å². The highest BCUT2D eigenvalue weighted by molar-refractivity contribution is 5.57. The summed E-state index contributed by atoms with van der Waals surface area (Å²) >= 11 is 0. The molecular weight excluding hydrogens is 214 g/mol. The molecule has 90 valence electrons. The van der Waals surface area contributed by atoms with Crippen LogP contribution in [0.25, 0.3) is 0 Å². The molecule has 1 aromatic heterocycles. The van der Waals surface area contributed by atoms with Gasteiger partial charge in [-0.25, -0.2) is 4.98 Å². The minimum atomic E-state index is 0.683. The third-order valence-corrected chi connectivity index (χ3v) is 2.71. The molecule has 4 nitrogen and oxygen atoms in total. The summed E-state index contributed by atoms with van der Waals surface area (Å²) in [5.41, 5.74) is 2.17. The van der Waals surface area contributed by atoms with Crippen molar-refractivity contribution in [2.45, 2.75) is 13.5 Å². The van der Waals surface area contributed by atoms with Crippen molar-refractivity contribution in [2.75, 3.05) is 12.4 Å². The first-order valence-electron chi connectivity index (χ1n) is 5.55. The van der Waals surface area contributed by atoms with E-state index in [1.165, 1.54) is 5.56 Å². The number of ether oxygens (including phenoxy) is 1. The Balaban J connectivity index is 2.11. The number of hydrogen-bond donors (Lipinski definition) is 1. The molecule has 1 N–H and O–H groups in total. The maximum Gasteiger partial charge on any atom is 0.142 e. The Morgan fingerprint density at radius 2 is 2.24 bits per heavy atom. The van der Waals surface area contributed by atoms with Crippen LogP contribution in [0.5, 0.6) is 5.75 Å². The fourth-order valence-corrected chi connectivity index (χ4v) is 1.69. The second kappa shape index (κ2) is 4.91. The highest BCUT2D eigenvalue weighted by Crippen LogP contribution is 2.25. The lowest BCUT2D eigenvalue weighted by Gasteiger charge is -2.11. The maximum absolute atomic E-state index is 5.34. The van der Waals surface area contributed by atoms with E-state index in [1.54, 1.807) is 13.3 Å². The molecule has 0 bridgehead atoms. The summed E-state index contributed by atoms with van der Waals surface area (Å²) in [4.78, 5) is 4.26. The molecule has 17 heavy (non-hydrogen) atoms. The van der Waals surface area contributed by atoms with Gasteiger partial charge in [0.25, 0.3) is 0 Å². The molecule has 0 aliphatic carbocycles. The van der Waals surface area contributed by atoms with Crippen LogP contribution >= 0.6 is 0 Å². The Kier molecular flexibility index (Phi) is 3.32. The number of imidazole rings is 1. The third kappa shape index (κ3) is 2.58. The fourth-order valence-electron chi connectivity index (χ4n) is 1.69. The molecule has 1 aromatic carbocycles. The first kappa shape index (κ1) is 11.5. The Hall–Kier alpha value is -1.97. The third-order valence-electron chi connectivity index (χ3n) is 2.71. The first-order valence-corrected chi connectivity index (χ1v) is 5.55. The topological polar surface area (TPSA) is 39.1 Å². The van der Waals surface area contributed by atoms with Gasteiger partial charge in [0, 0.05) is 19.4 Å². The predicted octanol–water partition coefficient (Wildman–Crippen LogP) is 2.35. The standard InChI is InChI=1S/C13H17N3O/c1-10-4-5-11(12(8-10)17-3)15-9-13-14-6-7-16(13)2/h4-8,15H,9H2,1-3H3. The molecular formula is C13H17N3O. The molecule has 2 aromatic rings. The van der Waals surface area contributed by atoms with Crippen LogP contribution in [0.2, 0.25) is 0 Å². The molecule has 2 rings (SSSR count). The van der Waals surface area contributed by atoms with Gasteiger partial charge < -0.3 is 14.6 Å². The number of hydrogen-bond acceptors (Lipinski definition) is 3. The zero-order valence-electron chi connectivity index (χ0n) is 10.4. The van der Waals surface area contributed by atoms with Gasteiger partial charge in [-0.3, -0.25) is 0 Å². The van der Waals surface area contributed by atoms with Crippen LogP contribution in [-0.4, -0.2) is 16.7 Å². The van der Waals surface area contributed by atoms with Crippen LogP contribution in [0.3, 0.4) is 0 Å². The van der Waals surface area contributed by atoms with Crippen LogP contribution < -0.4 is 10.1 Å². The van der Waals surface area contributed by atoms with Crippen LogP contribution in [0, 0.1) is 6.92 Å².